The summed E-state index contributed by atoms with van der Waals surface area (Å²) in [5, 5.41) is 3.62. The molecule has 0 aliphatic carbocycles. The van der Waals surface area contributed by atoms with Crippen molar-refractivity contribution in [1.82, 2.24) is 5.32 Å². The van der Waals surface area contributed by atoms with Gasteiger partial charge in [-0.15, -0.1) is 0 Å². The van der Waals surface area contributed by atoms with Crippen LogP contribution in [0.15, 0.2) is 18.2 Å². The summed E-state index contributed by atoms with van der Waals surface area (Å²) in [6.07, 6.45) is 1.61. The zero-order valence-corrected chi connectivity index (χ0v) is 13.6. The van der Waals surface area contributed by atoms with Crippen molar-refractivity contribution in [2.24, 2.45) is 0 Å². The Balaban J connectivity index is 2.92. The third-order valence-corrected chi connectivity index (χ3v) is 4.09. The molecule has 0 aromatic heterocycles. The molecule has 0 heterocycles. The van der Waals surface area contributed by atoms with Crippen molar-refractivity contribution in [3.8, 4) is 0 Å². The van der Waals surface area contributed by atoms with Gasteiger partial charge in [-0.2, -0.15) is 0 Å². The van der Waals surface area contributed by atoms with Gasteiger partial charge in [-0.25, -0.2) is 4.39 Å². The van der Waals surface area contributed by atoms with Crippen LogP contribution in [-0.2, 0) is 11.2 Å². The van der Waals surface area contributed by atoms with Gasteiger partial charge in [-0.1, -0.05) is 31.5 Å². The molecule has 4 heteroatoms. The van der Waals surface area contributed by atoms with Crippen LogP contribution in [0.2, 0.25) is 5.02 Å². The van der Waals surface area contributed by atoms with Crippen molar-refractivity contribution in [3.63, 3.8) is 0 Å². The fourth-order valence-electron chi connectivity index (χ4n) is 2.43. The van der Waals surface area contributed by atoms with Gasteiger partial charge in [-0.05, 0) is 50.9 Å². The lowest BCUT2D eigenvalue weighted by Crippen LogP contribution is -2.51. The first-order valence-corrected chi connectivity index (χ1v) is 7.65. The van der Waals surface area contributed by atoms with E-state index in [1.165, 1.54) is 6.07 Å². The molecule has 2 atom stereocenters. The largest absolute Gasteiger partial charge is 0.374 e. The van der Waals surface area contributed by atoms with Gasteiger partial charge in [0.15, 0.2) is 0 Å². The zero-order valence-electron chi connectivity index (χ0n) is 12.8. The van der Waals surface area contributed by atoms with Gasteiger partial charge >= 0.3 is 0 Å². The molecule has 1 N–H and O–H groups in total. The first-order valence-electron chi connectivity index (χ1n) is 7.28. The summed E-state index contributed by atoms with van der Waals surface area (Å²) in [5.41, 5.74) is 0.665. The van der Waals surface area contributed by atoms with Gasteiger partial charge in [-0.3, -0.25) is 0 Å². The van der Waals surface area contributed by atoms with E-state index in [1.807, 2.05) is 13.0 Å². The van der Waals surface area contributed by atoms with Gasteiger partial charge < -0.3 is 10.1 Å². The van der Waals surface area contributed by atoms with Crippen LogP contribution in [0.5, 0.6) is 0 Å². The molecule has 20 heavy (non-hydrogen) atoms. The molecule has 1 aromatic rings. The standard InChI is InChI=1S/C16H25ClFNO/c1-5-16(4,20-7-3)15(19-6-2)11-12-8-9-13(17)14(18)10-12/h8-10,15,19H,5-7,11H2,1-4H3. The Morgan fingerprint density at radius 1 is 1.35 bits per heavy atom. The summed E-state index contributed by atoms with van der Waals surface area (Å²) in [6.45, 7) is 9.81. The van der Waals surface area contributed by atoms with Gasteiger partial charge in [0.1, 0.15) is 5.82 Å². The smallest absolute Gasteiger partial charge is 0.142 e. The Morgan fingerprint density at radius 3 is 2.55 bits per heavy atom. The van der Waals surface area contributed by atoms with E-state index < -0.39 is 0 Å². The highest BCUT2D eigenvalue weighted by molar-refractivity contribution is 6.30. The minimum atomic E-state index is -0.367. The average molecular weight is 302 g/mol. The van der Waals surface area contributed by atoms with Crippen molar-refractivity contribution in [2.45, 2.75) is 52.2 Å². The van der Waals surface area contributed by atoms with E-state index in [4.69, 9.17) is 16.3 Å². The minimum Gasteiger partial charge on any atom is -0.374 e. The molecule has 0 aliphatic heterocycles. The molecule has 0 amide bonds. The molecule has 2 unspecified atom stereocenters. The highest BCUT2D eigenvalue weighted by Gasteiger charge is 2.32. The van der Waals surface area contributed by atoms with Crippen molar-refractivity contribution in [3.05, 3.63) is 34.6 Å². The normalized spacial score (nSPS) is 15.9. The molecule has 2 nitrogen and oxygen atoms in total. The summed E-state index contributed by atoms with van der Waals surface area (Å²) < 4.78 is 19.5. The minimum absolute atomic E-state index is 0.137. The Kier molecular flexibility index (Phi) is 6.93. The number of ether oxygens (including phenoxy) is 1. The number of halogens is 2. The maximum atomic E-state index is 13.6. The Bertz CT molecular complexity index is 427. The lowest BCUT2D eigenvalue weighted by molar-refractivity contribution is -0.0547. The van der Waals surface area contributed by atoms with Gasteiger partial charge in [0.05, 0.1) is 10.6 Å². The molecule has 1 aromatic carbocycles. The Hall–Kier alpha value is -0.640. The van der Waals surface area contributed by atoms with Crippen molar-refractivity contribution < 1.29 is 9.13 Å². The van der Waals surface area contributed by atoms with E-state index >= 15 is 0 Å². The van der Waals surface area contributed by atoms with E-state index in [-0.39, 0.29) is 22.5 Å². The van der Waals surface area contributed by atoms with E-state index in [0.717, 1.165) is 18.5 Å². The topological polar surface area (TPSA) is 21.3 Å². The Labute approximate surface area is 126 Å². The Morgan fingerprint density at radius 2 is 2.05 bits per heavy atom. The molecular formula is C16H25ClFNO. The third-order valence-electron chi connectivity index (χ3n) is 3.79. The van der Waals surface area contributed by atoms with E-state index in [9.17, 15) is 4.39 Å². The molecule has 0 fully saturated rings. The van der Waals surface area contributed by atoms with Gasteiger partial charge in [0.2, 0.25) is 0 Å². The molecule has 0 radical (unpaired) electrons. The average Bonchev–Trinajstić information content (AvgIpc) is 2.42. The number of rotatable bonds is 8. The first-order chi connectivity index (χ1) is 9.46. The van der Waals surface area contributed by atoms with Crippen molar-refractivity contribution >= 4 is 11.6 Å². The fourth-order valence-corrected chi connectivity index (χ4v) is 2.55. The van der Waals surface area contributed by atoms with Crippen LogP contribution in [0.4, 0.5) is 4.39 Å². The van der Waals surface area contributed by atoms with Gasteiger partial charge in [0.25, 0.3) is 0 Å². The predicted octanol–water partition coefficient (Wildman–Crippen LogP) is 4.20. The summed E-state index contributed by atoms with van der Waals surface area (Å²) >= 11 is 5.73. The number of hydrogen-bond acceptors (Lipinski definition) is 2. The highest BCUT2D eigenvalue weighted by Crippen LogP contribution is 2.24. The third kappa shape index (κ3) is 4.44. The fraction of sp³-hybridized carbons (Fsp3) is 0.625. The monoisotopic (exact) mass is 301 g/mol. The molecule has 0 spiro atoms. The van der Waals surface area contributed by atoms with E-state index in [1.54, 1.807) is 6.07 Å². The van der Waals surface area contributed by atoms with Crippen LogP contribution in [-0.4, -0.2) is 24.8 Å². The summed E-state index contributed by atoms with van der Waals surface area (Å²) in [5.74, 6) is -0.367. The second-order valence-electron chi connectivity index (χ2n) is 5.16. The van der Waals surface area contributed by atoms with Crippen LogP contribution in [0.3, 0.4) is 0 Å². The summed E-state index contributed by atoms with van der Waals surface area (Å²) in [6, 6.07) is 5.13. The summed E-state index contributed by atoms with van der Waals surface area (Å²) in [7, 11) is 0. The number of likely N-dealkylation sites (N-methyl/N-ethyl adjacent to an activating group) is 1. The highest BCUT2D eigenvalue weighted by atomic mass is 35.5. The van der Waals surface area contributed by atoms with E-state index in [0.29, 0.717) is 13.0 Å². The quantitative estimate of drug-likeness (QED) is 0.777. The second kappa shape index (κ2) is 7.96. The molecule has 114 valence electrons. The first kappa shape index (κ1) is 17.4. The van der Waals surface area contributed by atoms with Crippen LogP contribution in [0.1, 0.15) is 39.7 Å². The SMILES string of the molecule is CCNC(Cc1ccc(Cl)c(F)c1)C(C)(CC)OCC. The van der Waals surface area contributed by atoms with Crippen LogP contribution >= 0.6 is 11.6 Å². The molecular weight excluding hydrogens is 277 g/mol. The maximum absolute atomic E-state index is 13.6. The molecule has 0 bridgehead atoms. The molecule has 0 saturated carbocycles. The summed E-state index contributed by atoms with van der Waals surface area (Å²) in [4.78, 5) is 0. The molecule has 0 saturated heterocycles. The number of hydrogen-bond donors (Lipinski definition) is 1. The lowest BCUT2D eigenvalue weighted by Gasteiger charge is -2.37. The number of nitrogens with one attached hydrogen (secondary N) is 1. The molecule has 1 rings (SSSR count). The van der Waals surface area contributed by atoms with Crippen molar-refractivity contribution in [2.75, 3.05) is 13.2 Å². The zero-order chi connectivity index (χ0) is 15.2. The van der Waals surface area contributed by atoms with Crippen LogP contribution in [0.25, 0.3) is 0 Å². The van der Waals surface area contributed by atoms with Crippen LogP contribution in [0, 0.1) is 5.82 Å². The lowest BCUT2D eigenvalue weighted by atomic mass is 9.88. The van der Waals surface area contributed by atoms with Crippen molar-refractivity contribution in [1.29, 1.82) is 0 Å². The predicted molar refractivity (Wildman–Crippen MR) is 82.9 cm³/mol. The maximum Gasteiger partial charge on any atom is 0.142 e. The molecule has 0 aliphatic rings. The number of benzene rings is 1. The second-order valence-corrected chi connectivity index (χ2v) is 5.57. The van der Waals surface area contributed by atoms with Crippen LogP contribution < -0.4 is 5.32 Å². The van der Waals surface area contributed by atoms with Gasteiger partial charge in [0, 0.05) is 12.6 Å². The van der Waals surface area contributed by atoms with E-state index in [2.05, 4.69) is 26.1 Å².